The Morgan fingerprint density at radius 3 is 2.02 bits per heavy atom. The predicted molar refractivity (Wildman–Crippen MR) is 228 cm³/mol. The third-order valence-electron chi connectivity index (χ3n) is 13.6. The van der Waals surface area contributed by atoms with Gasteiger partial charge >= 0.3 is 18.0 Å². The molecule has 0 spiro atoms. The van der Waals surface area contributed by atoms with Gasteiger partial charge in [0.2, 0.25) is 0 Å². The number of rotatable bonds is 11. The van der Waals surface area contributed by atoms with Crippen LogP contribution in [0.1, 0.15) is 102 Å². The van der Waals surface area contributed by atoms with Crippen LogP contribution in [-0.4, -0.2) is 150 Å². The summed E-state index contributed by atoms with van der Waals surface area (Å²) in [6.07, 6.45) is -6.17. The number of ketones is 1. The van der Waals surface area contributed by atoms with E-state index >= 15 is 0 Å². The zero-order valence-corrected chi connectivity index (χ0v) is 41.2. The summed E-state index contributed by atoms with van der Waals surface area (Å²) in [5, 5.41) is 2.86. The van der Waals surface area contributed by atoms with Gasteiger partial charge < -0.3 is 57.3 Å². The van der Waals surface area contributed by atoms with Crippen LogP contribution < -0.4 is 5.32 Å². The summed E-state index contributed by atoms with van der Waals surface area (Å²) < 4.78 is 64.7. The van der Waals surface area contributed by atoms with E-state index in [1.807, 2.05) is 67.5 Å². The van der Waals surface area contributed by atoms with Gasteiger partial charge in [0.1, 0.15) is 11.9 Å². The highest BCUT2D eigenvalue weighted by Gasteiger charge is 2.58. The van der Waals surface area contributed by atoms with E-state index in [0.717, 1.165) is 0 Å². The highest BCUT2D eigenvalue weighted by atomic mass is 28.4. The molecule has 16 nitrogen and oxygen atoms in total. The third kappa shape index (κ3) is 11.4. The van der Waals surface area contributed by atoms with Gasteiger partial charge in [-0.15, -0.1) is 0 Å². The van der Waals surface area contributed by atoms with Crippen molar-refractivity contribution in [2.24, 2.45) is 23.7 Å². The lowest BCUT2D eigenvalue weighted by Gasteiger charge is -2.51. The molecule has 17 heteroatoms. The average molecular weight is 887 g/mol. The molecule has 1 N–H and O–H groups in total. The molecule has 352 valence electrons. The van der Waals surface area contributed by atoms with Gasteiger partial charge in [0, 0.05) is 45.3 Å². The number of likely N-dealkylation sites (N-methyl/N-ethyl adjacent to an activating group) is 1. The number of methoxy groups -OCH3 is 2. The molecule has 4 aliphatic rings. The number of fused-ring (bicyclic) bond motifs is 1. The highest BCUT2D eigenvalue weighted by Crippen LogP contribution is 2.43. The van der Waals surface area contributed by atoms with Gasteiger partial charge in [-0.1, -0.05) is 27.7 Å². The normalized spacial score (nSPS) is 44.4. The summed E-state index contributed by atoms with van der Waals surface area (Å²) in [4.78, 5) is 56.8. The molecule has 4 saturated heterocycles. The zero-order valence-electron chi connectivity index (χ0n) is 40.2. The van der Waals surface area contributed by atoms with Gasteiger partial charge in [-0.3, -0.25) is 14.4 Å². The van der Waals surface area contributed by atoms with E-state index in [9.17, 15) is 19.2 Å². The standard InChI is InChI=1S/C44H78N2O14Si/c1-19-31-44(11)36(45-41(50)59-44)25(4)33(48)23(2)21-42(9,51-14)37(58-40-35(55-29(8)47)30(46(12)13)20-24(3)53-40)26(5)34(27(6)39(49)56-31)57-32-22-43(10,52-15)38(28(7)54-32)60-61(16,17)18/h23-28,30-32,34-38,40H,19-22H2,1-18H3,(H,45,50)/t23-,24-,25+,26+,27-,28+,30+,31?,32+,34?,35-,36-,37-,38+,40+,42-,43-,44-/m1/s1. The lowest BCUT2D eigenvalue weighted by Crippen LogP contribution is -2.62. The van der Waals surface area contributed by atoms with E-state index in [0.29, 0.717) is 12.8 Å². The Balaban J connectivity index is 1.91. The Morgan fingerprint density at radius 1 is 0.869 bits per heavy atom. The van der Waals surface area contributed by atoms with Gasteiger partial charge in [-0.2, -0.15) is 0 Å². The Hall–Kier alpha value is -2.22. The van der Waals surface area contributed by atoms with Crippen molar-refractivity contribution in [3.63, 3.8) is 0 Å². The smallest absolute Gasteiger partial charge is 0.408 e. The summed E-state index contributed by atoms with van der Waals surface area (Å²) in [7, 11) is 4.97. The second kappa shape index (κ2) is 19.9. The van der Waals surface area contributed by atoms with E-state index in [1.54, 1.807) is 35.0 Å². The van der Waals surface area contributed by atoms with E-state index < -0.39 is 122 Å². The van der Waals surface area contributed by atoms with Crippen molar-refractivity contribution in [3.8, 4) is 0 Å². The van der Waals surface area contributed by atoms with Crippen LogP contribution in [0, 0.1) is 23.7 Å². The van der Waals surface area contributed by atoms with Gasteiger partial charge in [-0.05, 0) is 94.5 Å². The molecular weight excluding hydrogens is 809 g/mol. The number of cyclic esters (lactones) is 1. The molecule has 0 saturated carbocycles. The number of amides is 1. The lowest BCUT2D eigenvalue weighted by atomic mass is 9.73. The first-order valence-corrected chi connectivity index (χ1v) is 25.5. The number of nitrogens with one attached hydrogen (secondary N) is 1. The van der Waals surface area contributed by atoms with Gasteiger partial charge in [0.25, 0.3) is 0 Å². The summed E-state index contributed by atoms with van der Waals surface area (Å²) in [5.41, 5.74) is -3.43. The fourth-order valence-corrected chi connectivity index (χ4v) is 11.4. The molecule has 4 aliphatic heterocycles. The minimum Gasteiger partial charge on any atom is -0.458 e. The molecule has 0 bridgehead atoms. The number of hydrogen-bond acceptors (Lipinski definition) is 15. The van der Waals surface area contributed by atoms with Crippen molar-refractivity contribution in [2.75, 3.05) is 28.3 Å². The number of hydrogen-bond donors (Lipinski definition) is 1. The van der Waals surface area contributed by atoms with Crippen LogP contribution >= 0.6 is 0 Å². The van der Waals surface area contributed by atoms with Crippen LogP contribution in [0.15, 0.2) is 0 Å². The fraction of sp³-hybridized carbons (Fsp3) is 0.909. The van der Waals surface area contributed by atoms with Crippen molar-refractivity contribution >= 4 is 32.1 Å². The molecule has 4 heterocycles. The maximum atomic E-state index is 14.7. The number of carbonyl (C=O) groups is 4. The summed E-state index contributed by atoms with van der Waals surface area (Å²) >= 11 is 0. The summed E-state index contributed by atoms with van der Waals surface area (Å²) in [6, 6.07) is -1.07. The fourth-order valence-electron chi connectivity index (χ4n) is 10.2. The van der Waals surface area contributed by atoms with Gasteiger partial charge in [0.15, 0.2) is 32.6 Å². The molecule has 0 aromatic carbocycles. The molecule has 61 heavy (non-hydrogen) atoms. The molecular formula is C44H78N2O14Si. The largest absolute Gasteiger partial charge is 0.458 e. The van der Waals surface area contributed by atoms with Crippen molar-refractivity contribution < 1.29 is 66.2 Å². The Kier molecular flexibility index (Phi) is 16.8. The Labute approximate surface area is 365 Å². The average Bonchev–Trinajstić information content (AvgIpc) is 3.48. The van der Waals surface area contributed by atoms with E-state index in [-0.39, 0.29) is 30.8 Å². The minimum absolute atomic E-state index is 0.150. The van der Waals surface area contributed by atoms with Gasteiger partial charge in [0.05, 0.1) is 59.7 Å². The third-order valence-corrected chi connectivity index (χ3v) is 14.6. The van der Waals surface area contributed by atoms with Crippen LogP contribution in [0.5, 0.6) is 0 Å². The molecule has 0 radical (unpaired) electrons. The molecule has 18 atom stereocenters. The first kappa shape index (κ1) is 51.4. The highest BCUT2D eigenvalue weighted by molar-refractivity contribution is 6.69. The molecule has 4 fully saturated rings. The molecule has 0 aliphatic carbocycles. The number of Topliss-reactive ketones (excluding diaryl/α,β-unsaturated/α-hetero) is 1. The Bertz CT molecular complexity index is 1550. The summed E-state index contributed by atoms with van der Waals surface area (Å²) in [6.45, 7) is 26.2. The topological polar surface area (TPSA) is 176 Å². The Morgan fingerprint density at radius 2 is 1.48 bits per heavy atom. The minimum atomic E-state index is -2.05. The van der Waals surface area contributed by atoms with Gasteiger partial charge in [-0.25, -0.2) is 4.79 Å². The molecule has 4 rings (SSSR count). The number of nitrogens with zero attached hydrogens (tertiary/aromatic N) is 1. The zero-order chi connectivity index (χ0) is 46.2. The number of ether oxygens (including phenoxy) is 9. The van der Waals surface area contributed by atoms with Crippen molar-refractivity contribution in [1.82, 2.24) is 10.2 Å². The molecule has 1 amide bonds. The molecule has 0 aromatic rings. The second-order valence-electron chi connectivity index (χ2n) is 19.9. The quantitative estimate of drug-likeness (QED) is 0.154. The van der Waals surface area contributed by atoms with Crippen LogP contribution in [0.25, 0.3) is 0 Å². The van der Waals surface area contributed by atoms with Crippen molar-refractivity contribution in [2.45, 2.75) is 206 Å². The maximum Gasteiger partial charge on any atom is 0.408 e. The molecule has 0 aromatic heterocycles. The van der Waals surface area contributed by atoms with Crippen molar-refractivity contribution in [3.05, 3.63) is 0 Å². The number of alkyl carbamates (subject to hydrolysis) is 1. The lowest BCUT2D eigenvalue weighted by molar-refractivity contribution is -0.319. The number of carbonyl (C=O) groups excluding carboxylic acids is 4. The van der Waals surface area contributed by atoms with Crippen LogP contribution in [0.3, 0.4) is 0 Å². The first-order chi connectivity index (χ1) is 28.1. The number of esters is 2. The maximum absolute atomic E-state index is 14.7. The van der Waals surface area contributed by atoms with E-state index in [2.05, 4.69) is 25.0 Å². The van der Waals surface area contributed by atoms with Crippen LogP contribution in [-0.2, 0) is 61.4 Å². The first-order valence-electron chi connectivity index (χ1n) is 22.1. The SMILES string of the molecule is CCC1OC(=O)[C@H](C)C(O[C@H]2C[C@@](C)(OC)[C@@H](O[Si](C)(C)C)[C@H](C)O2)[C@H](C)[C@@H](O[C@@H]2O[C@H](C)C[C@H](N(C)C)[C@H]2OC(C)=O)[C@](C)(OC)C[C@@H](C)C(=O)[C@H](C)[C@H]2NC(=O)O[C@]12C. The summed E-state index contributed by atoms with van der Waals surface area (Å²) in [5.74, 6) is -4.28. The van der Waals surface area contributed by atoms with Crippen LogP contribution in [0.2, 0.25) is 19.6 Å². The van der Waals surface area contributed by atoms with Crippen molar-refractivity contribution in [1.29, 1.82) is 0 Å². The predicted octanol–water partition coefficient (Wildman–Crippen LogP) is 5.62. The molecule has 2 unspecified atom stereocenters. The second-order valence-corrected chi connectivity index (χ2v) is 24.4. The van der Waals surface area contributed by atoms with Crippen LogP contribution in [0.4, 0.5) is 4.79 Å². The van der Waals surface area contributed by atoms with E-state index in [4.69, 9.17) is 47.1 Å². The van der Waals surface area contributed by atoms with E-state index in [1.165, 1.54) is 6.92 Å². The monoisotopic (exact) mass is 887 g/mol.